The molecule has 0 aromatic heterocycles. The van der Waals surface area contributed by atoms with Crippen molar-refractivity contribution < 1.29 is 14.3 Å². The molecule has 4 nitrogen and oxygen atoms in total. The van der Waals surface area contributed by atoms with Crippen molar-refractivity contribution in [1.82, 2.24) is 4.90 Å². The van der Waals surface area contributed by atoms with Gasteiger partial charge in [-0.2, -0.15) is 0 Å². The van der Waals surface area contributed by atoms with Crippen LogP contribution in [0.25, 0.3) is 0 Å². The Morgan fingerprint density at radius 2 is 2.15 bits per heavy atom. The quantitative estimate of drug-likeness (QED) is 0.430. The minimum atomic E-state index is -1.17. The lowest BCUT2D eigenvalue weighted by atomic mass is 9.84. The number of aldehydes is 1. The van der Waals surface area contributed by atoms with E-state index in [4.69, 9.17) is 4.74 Å². The number of carbonyl (C=O) groups excluding carboxylic acids is 2. The van der Waals surface area contributed by atoms with E-state index >= 15 is 0 Å². The van der Waals surface area contributed by atoms with Crippen LogP contribution in [0, 0.1) is 11.8 Å². The van der Waals surface area contributed by atoms with E-state index < -0.39 is 8.07 Å². The van der Waals surface area contributed by atoms with Gasteiger partial charge in [0.25, 0.3) is 0 Å². The maximum atomic E-state index is 12.0. The lowest BCUT2D eigenvalue weighted by Crippen LogP contribution is -2.43. The summed E-state index contributed by atoms with van der Waals surface area (Å²) in [5.41, 5.74) is 0. The molecule has 0 unspecified atom stereocenters. The van der Waals surface area contributed by atoms with Crippen LogP contribution in [0.15, 0.2) is 12.7 Å². The summed E-state index contributed by atoms with van der Waals surface area (Å²) in [6, 6.07) is 0.991. The van der Waals surface area contributed by atoms with Crippen LogP contribution in [0.1, 0.15) is 12.8 Å². The van der Waals surface area contributed by atoms with Crippen LogP contribution in [-0.4, -0.2) is 45.0 Å². The van der Waals surface area contributed by atoms with E-state index in [1.807, 2.05) is 6.08 Å². The molecule has 1 aliphatic rings. The molecule has 0 radical (unpaired) electrons. The number of carbonyl (C=O) groups is 2. The third kappa shape index (κ3) is 5.49. The molecular weight excluding hydrogens is 270 g/mol. The summed E-state index contributed by atoms with van der Waals surface area (Å²) in [6.07, 6.45) is 3.99. The highest BCUT2D eigenvalue weighted by atomic mass is 28.3. The first-order valence-corrected chi connectivity index (χ1v) is 11.1. The summed E-state index contributed by atoms with van der Waals surface area (Å²) < 4.78 is 5.36. The summed E-state index contributed by atoms with van der Waals surface area (Å²) in [4.78, 5) is 24.4. The fraction of sp³-hybridized carbons (Fsp3) is 0.733. The summed E-state index contributed by atoms with van der Waals surface area (Å²) in [5.74, 6) is 0.509. The van der Waals surface area contributed by atoms with Gasteiger partial charge in [-0.15, -0.1) is 6.58 Å². The molecule has 1 aliphatic heterocycles. The molecule has 2 atom stereocenters. The number of likely N-dealkylation sites (tertiary alicyclic amines) is 1. The standard InChI is InChI=1S/C15H27NO3Si/c1-5-13-12-16(8-6-14(13)7-9-17)15(18)19-10-11-20(2,3)4/h5,9,13-14H,1,6-8,10-12H2,2-4H3/t13-,14-/m0/s1. The largest absolute Gasteiger partial charge is 0.450 e. The van der Waals surface area contributed by atoms with Crippen molar-refractivity contribution in [3.63, 3.8) is 0 Å². The van der Waals surface area contributed by atoms with Crippen molar-refractivity contribution in [2.45, 2.75) is 38.5 Å². The van der Waals surface area contributed by atoms with Crippen molar-refractivity contribution >= 4 is 20.5 Å². The third-order valence-corrected chi connectivity index (χ3v) is 5.55. The number of nitrogens with zero attached hydrogens (tertiary/aromatic N) is 1. The van der Waals surface area contributed by atoms with E-state index in [1.54, 1.807) is 4.90 Å². The highest BCUT2D eigenvalue weighted by Crippen LogP contribution is 2.27. The molecule has 5 heteroatoms. The number of hydrogen-bond donors (Lipinski definition) is 0. The van der Waals surface area contributed by atoms with E-state index in [-0.39, 0.29) is 12.0 Å². The first-order valence-electron chi connectivity index (χ1n) is 7.35. The van der Waals surface area contributed by atoms with Crippen molar-refractivity contribution in [3.05, 3.63) is 12.7 Å². The molecule has 0 aromatic carbocycles. The minimum absolute atomic E-state index is 0.193. The van der Waals surface area contributed by atoms with Gasteiger partial charge in [-0.1, -0.05) is 25.7 Å². The van der Waals surface area contributed by atoms with Crippen molar-refractivity contribution in [2.75, 3.05) is 19.7 Å². The van der Waals surface area contributed by atoms with Crippen LogP contribution in [0.5, 0.6) is 0 Å². The van der Waals surface area contributed by atoms with Gasteiger partial charge in [-0.05, 0) is 24.3 Å². The fourth-order valence-corrected chi connectivity index (χ4v) is 3.13. The molecule has 0 spiro atoms. The number of ether oxygens (including phenoxy) is 1. The van der Waals surface area contributed by atoms with Gasteiger partial charge in [0.1, 0.15) is 6.29 Å². The molecule has 114 valence electrons. The Bertz CT molecular complexity index is 352. The Kier molecular flexibility index (Phi) is 6.46. The molecule has 0 bridgehead atoms. The smallest absolute Gasteiger partial charge is 0.409 e. The molecule has 1 rings (SSSR count). The van der Waals surface area contributed by atoms with Crippen molar-refractivity contribution in [2.24, 2.45) is 11.8 Å². The highest BCUT2D eigenvalue weighted by Gasteiger charge is 2.30. The van der Waals surface area contributed by atoms with Gasteiger partial charge in [0.15, 0.2) is 0 Å². The van der Waals surface area contributed by atoms with Gasteiger partial charge >= 0.3 is 6.09 Å². The number of piperidine rings is 1. The number of hydrogen-bond acceptors (Lipinski definition) is 3. The van der Waals surface area contributed by atoms with Gasteiger partial charge in [0.05, 0.1) is 6.61 Å². The predicted molar refractivity (Wildman–Crippen MR) is 83.5 cm³/mol. The van der Waals surface area contributed by atoms with Crippen LogP contribution in [0.3, 0.4) is 0 Å². The molecular formula is C15H27NO3Si. The first kappa shape index (κ1) is 16.9. The molecule has 1 saturated heterocycles. The van der Waals surface area contributed by atoms with Crippen molar-refractivity contribution in [1.29, 1.82) is 0 Å². The Morgan fingerprint density at radius 3 is 2.70 bits per heavy atom. The molecule has 1 amide bonds. The zero-order chi connectivity index (χ0) is 15.2. The number of rotatable bonds is 6. The third-order valence-electron chi connectivity index (χ3n) is 3.84. The molecule has 20 heavy (non-hydrogen) atoms. The van der Waals surface area contributed by atoms with E-state index in [2.05, 4.69) is 26.2 Å². The monoisotopic (exact) mass is 297 g/mol. The lowest BCUT2D eigenvalue weighted by Gasteiger charge is -2.36. The van der Waals surface area contributed by atoms with E-state index in [0.29, 0.717) is 32.0 Å². The van der Waals surface area contributed by atoms with E-state index in [0.717, 1.165) is 18.8 Å². The molecule has 1 heterocycles. The Hall–Kier alpha value is -1.10. The van der Waals surface area contributed by atoms with Gasteiger partial charge < -0.3 is 14.4 Å². The molecule has 1 fully saturated rings. The maximum absolute atomic E-state index is 12.0. The second-order valence-electron chi connectivity index (χ2n) is 6.72. The Labute approximate surface area is 123 Å². The zero-order valence-electron chi connectivity index (χ0n) is 12.9. The SMILES string of the molecule is C=C[C@H]1CN(C(=O)OCC[Si](C)(C)C)CC[C@H]1CC=O. The Morgan fingerprint density at radius 1 is 1.45 bits per heavy atom. The van der Waals surface area contributed by atoms with E-state index in [1.165, 1.54) is 0 Å². The van der Waals surface area contributed by atoms with E-state index in [9.17, 15) is 9.59 Å². The first-order chi connectivity index (χ1) is 9.37. The fourth-order valence-electron chi connectivity index (χ4n) is 2.42. The Balaban J connectivity index is 2.42. The van der Waals surface area contributed by atoms with Crippen LogP contribution < -0.4 is 0 Å². The summed E-state index contributed by atoms with van der Waals surface area (Å²) >= 11 is 0. The minimum Gasteiger partial charge on any atom is -0.450 e. The molecule has 0 aromatic rings. The summed E-state index contributed by atoms with van der Waals surface area (Å²) in [7, 11) is -1.17. The molecule has 0 saturated carbocycles. The average molecular weight is 297 g/mol. The van der Waals surface area contributed by atoms with Gasteiger partial charge in [0, 0.05) is 27.6 Å². The van der Waals surface area contributed by atoms with Crippen molar-refractivity contribution in [3.8, 4) is 0 Å². The highest BCUT2D eigenvalue weighted by molar-refractivity contribution is 6.76. The van der Waals surface area contributed by atoms with Gasteiger partial charge in [-0.3, -0.25) is 0 Å². The average Bonchev–Trinajstić information content (AvgIpc) is 2.37. The van der Waals surface area contributed by atoms with Gasteiger partial charge in [-0.25, -0.2) is 4.79 Å². The van der Waals surface area contributed by atoms with Crippen LogP contribution in [0.2, 0.25) is 25.7 Å². The molecule has 0 N–H and O–H groups in total. The second-order valence-corrected chi connectivity index (χ2v) is 12.3. The molecule has 0 aliphatic carbocycles. The van der Waals surface area contributed by atoms with Gasteiger partial charge in [0.2, 0.25) is 0 Å². The maximum Gasteiger partial charge on any atom is 0.409 e. The zero-order valence-corrected chi connectivity index (χ0v) is 13.9. The predicted octanol–water partition coefficient (Wildman–Crippen LogP) is 3.17. The topological polar surface area (TPSA) is 46.6 Å². The second kappa shape index (κ2) is 7.62. The van der Waals surface area contributed by atoms with Crippen LogP contribution in [0.4, 0.5) is 4.79 Å². The number of amides is 1. The van der Waals surface area contributed by atoms with Crippen LogP contribution in [-0.2, 0) is 9.53 Å². The lowest BCUT2D eigenvalue weighted by molar-refractivity contribution is -0.109. The van der Waals surface area contributed by atoms with Crippen LogP contribution >= 0.6 is 0 Å². The normalized spacial score (nSPS) is 23.2. The summed E-state index contributed by atoms with van der Waals surface area (Å²) in [5, 5.41) is 0. The summed E-state index contributed by atoms with van der Waals surface area (Å²) in [6.45, 7) is 12.4.